The SMILES string of the molecule is CCCOCCOCCOCCOCCOCCOCCOCCOCCOCCOCCC(=O)NCC1CNC1. The van der Waals surface area contributed by atoms with Crippen LogP contribution in [0.25, 0.3) is 0 Å². The van der Waals surface area contributed by atoms with Gasteiger partial charge in [0.05, 0.1) is 126 Å². The molecule has 41 heavy (non-hydrogen) atoms. The van der Waals surface area contributed by atoms with Crippen molar-refractivity contribution in [3.8, 4) is 0 Å². The molecular formula is C28H56N2O11. The molecule has 244 valence electrons. The Morgan fingerprint density at radius 1 is 0.512 bits per heavy atom. The summed E-state index contributed by atoms with van der Waals surface area (Å²) in [6.07, 6.45) is 1.40. The number of nitrogens with one attached hydrogen (secondary N) is 2. The number of ether oxygens (including phenoxy) is 10. The van der Waals surface area contributed by atoms with Crippen molar-refractivity contribution in [2.24, 2.45) is 5.92 Å². The van der Waals surface area contributed by atoms with Crippen molar-refractivity contribution in [3.63, 3.8) is 0 Å². The third-order valence-corrected chi connectivity index (χ3v) is 5.62. The average molecular weight is 597 g/mol. The number of carbonyl (C=O) groups is 1. The molecule has 1 rings (SSSR count). The molecule has 2 N–H and O–H groups in total. The third kappa shape index (κ3) is 28.9. The molecule has 1 saturated heterocycles. The van der Waals surface area contributed by atoms with Crippen molar-refractivity contribution in [2.75, 3.05) is 152 Å². The van der Waals surface area contributed by atoms with Crippen molar-refractivity contribution < 1.29 is 52.2 Å². The Morgan fingerprint density at radius 3 is 1.07 bits per heavy atom. The third-order valence-electron chi connectivity index (χ3n) is 5.62. The maximum atomic E-state index is 11.7. The van der Waals surface area contributed by atoms with E-state index in [9.17, 15) is 4.79 Å². The highest BCUT2D eigenvalue weighted by Crippen LogP contribution is 1.99. The first-order valence-corrected chi connectivity index (χ1v) is 15.1. The van der Waals surface area contributed by atoms with Gasteiger partial charge in [0.25, 0.3) is 0 Å². The Balaban J connectivity index is 1.61. The quantitative estimate of drug-likeness (QED) is 0.0989. The van der Waals surface area contributed by atoms with E-state index in [1.54, 1.807) is 0 Å². The van der Waals surface area contributed by atoms with Crippen LogP contribution in [-0.2, 0) is 52.2 Å². The van der Waals surface area contributed by atoms with Crippen LogP contribution in [0.2, 0.25) is 0 Å². The zero-order chi connectivity index (χ0) is 29.3. The molecule has 0 aromatic carbocycles. The van der Waals surface area contributed by atoms with Crippen LogP contribution in [0.1, 0.15) is 19.8 Å². The molecule has 13 heteroatoms. The first-order valence-electron chi connectivity index (χ1n) is 15.1. The highest BCUT2D eigenvalue weighted by Gasteiger charge is 2.16. The fourth-order valence-corrected chi connectivity index (χ4v) is 3.23. The van der Waals surface area contributed by atoms with Gasteiger partial charge in [-0.1, -0.05) is 6.92 Å². The molecular weight excluding hydrogens is 540 g/mol. The molecule has 1 amide bonds. The van der Waals surface area contributed by atoms with Gasteiger partial charge >= 0.3 is 0 Å². The standard InChI is InChI=1S/C28H56N2O11/c1-2-4-32-6-8-34-10-12-36-14-16-38-18-20-40-22-23-41-21-19-39-17-15-37-13-11-35-9-7-33-5-3-28(31)30-26-27-24-29-25-27/h27,29H,2-26H2,1H3,(H,30,31). The molecule has 0 atom stereocenters. The van der Waals surface area contributed by atoms with Gasteiger partial charge in [-0.05, 0) is 6.42 Å². The molecule has 1 aliphatic heterocycles. The minimum absolute atomic E-state index is 0.0338. The largest absolute Gasteiger partial charge is 0.379 e. The van der Waals surface area contributed by atoms with E-state index in [1.165, 1.54) is 0 Å². The fourth-order valence-electron chi connectivity index (χ4n) is 3.23. The number of carbonyl (C=O) groups excluding carboxylic acids is 1. The molecule has 0 bridgehead atoms. The number of rotatable bonds is 34. The van der Waals surface area contributed by atoms with Gasteiger partial charge in [0, 0.05) is 38.6 Å². The van der Waals surface area contributed by atoms with Gasteiger partial charge in [-0.15, -0.1) is 0 Å². The van der Waals surface area contributed by atoms with E-state index in [2.05, 4.69) is 17.6 Å². The van der Waals surface area contributed by atoms with Crippen LogP contribution in [0.3, 0.4) is 0 Å². The van der Waals surface area contributed by atoms with Crippen LogP contribution < -0.4 is 10.6 Å². The monoisotopic (exact) mass is 596 g/mol. The minimum Gasteiger partial charge on any atom is -0.379 e. The zero-order valence-electron chi connectivity index (χ0n) is 25.2. The predicted octanol–water partition coefficient (Wildman–Crippen LogP) is 0.288. The second-order valence-electron chi connectivity index (χ2n) is 9.20. The minimum atomic E-state index is 0.0338. The van der Waals surface area contributed by atoms with Crippen LogP contribution in [0, 0.1) is 5.92 Å². The lowest BCUT2D eigenvalue weighted by molar-refractivity contribution is -0.122. The van der Waals surface area contributed by atoms with Gasteiger partial charge in [0.1, 0.15) is 0 Å². The fraction of sp³-hybridized carbons (Fsp3) is 0.964. The highest BCUT2D eigenvalue weighted by molar-refractivity contribution is 5.75. The molecule has 13 nitrogen and oxygen atoms in total. The second kappa shape index (κ2) is 32.0. The summed E-state index contributed by atoms with van der Waals surface area (Å²) in [5.74, 6) is 0.603. The summed E-state index contributed by atoms with van der Waals surface area (Å²) < 4.78 is 54.3. The van der Waals surface area contributed by atoms with Crippen molar-refractivity contribution in [1.29, 1.82) is 0 Å². The molecule has 0 saturated carbocycles. The second-order valence-corrected chi connectivity index (χ2v) is 9.20. The van der Waals surface area contributed by atoms with Crippen molar-refractivity contribution in [3.05, 3.63) is 0 Å². The summed E-state index contributed by atoms with van der Waals surface area (Å²) in [4.78, 5) is 11.7. The molecule has 0 aromatic rings. The van der Waals surface area contributed by atoms with Crippen LogP contribution in [0.4, 0.5) is 0 Å². The Kier molecular flexibility index (Phi) is 29.7. The van der Waals surface area contributed by atoms with Crippen LogP contribution in [0.15, 0.2) is 0 Å². The van der Waals surface area contributed by atoms with Crippen LogP contribution >= 0.6 is 0 Å². The Hall–Kier alpha value is -0.970. The maximum absolute atomic E-state index is 11.7. The van der Waals surface area contributed by atoms with Gasteiger partial charge in [-0.25, -0.2) is 0 Å². The van der Waals surface area contributed by atoms with Crippen molar-refractivity contribution in [2.45, 2.75) is 19.8 Å². The first kappa shape index (κ1) is 38.1. The van der Waals surface area contributed by atoms with E-state index in [0.717, 1.165) is 32.7 Å². The molecule has 0 aliphatic carbocycles. The summed E-state index contributed by atoms with van der Waals surface area (Å²) in [7, 11) is 0. The van der Waals surface area contributed by atoms with Gasteiger partial charge in [-0.3, -0.25) is 4.79 Å². The average Bonchev–Trinajstić information content (AvgIpc) is 2.95. The van der Waals surface area contributed by atoms with E-state index in [1.807, 2.05) is 0 Å². The van der Waals surface area contributed by atoms with Gasteiger partial charge in [-0.2, -0.15) is 0 Å². The number of amides is 1. The molecule has 0 unspecified atom stereocenters. The highest BCUT2D eigenvalue weighted by atomic mass is 16.6. The predicted molar refractivity (Wildman–Crippen MR) is 152 cm³/mol. The molecule has 1 fully saturated rings. The molecule has 0 aromatic heterocycles. The summed E-state index contributed by atoms with van der Waals surface area (Å²) in [5.41, 5.74) is 0. The summed E-state index contributed by atoms with van der Waals surface area (Å²) in [6.45, 7) is 15.4. The summed E-state index contributed by atoms with van der Waals surface area (Å²) in [6, 6.07) is 0. The Bertz CT molecular complexity index is 545. The topological polar surface area (TPSA) is 133 Å². The molecule has 0 spiro atoms. The lowest BCUT2D eigenvalue weighted by Crippen LogP contribution is -2.48. The Morgan fingerprint density at radius 2 is 0.805 bits per heavy atom. The number of hydrogen-bond acceptors (Lipinski definition) is 12. The molecule has 1 aliphatic rings. The van der Waals surface area contributed by atoms with E-state index >= 15 is 0 Å². The Labute approximate surface area is 246 Å². The normalized spacial score (nSPS) is 13.5. The summed E-state index contributed by atoms with van der Waals surface area (Å²) in [5, 5.41) is 6.10. The van der Waals surface area contributed by atoms with Gasteiger partial charge in [0.15, 0.2) is 0 Å². The zero-order valence-corrected chi connectivity index (χ0v) is 25.2. The maximum Gasteiger partial charge on any atom is 0.222 e. The lowest BCUT2D eigenvalue weighted by atomic mass is 10.0. The molecule has 1 heterocycles. The van der Waals surface area contributed by atoms with Gasteiger partial charge in [0.2, 0.25) is 5.91 Å². The van der Waals surface area contributed by atoms with Crippen LogP contribution in [-0.4, -0.2) is 158 Å². The van der Waals surface area contributed by atoms with E-state index in [4.69, 9.17) is 47.4 Å². The smallest absolute Gasteiger partial charge is 0.222 e. The van der Waals surface area contributed by atoms with E-state index < -0.39 is 0 Å². The van der Waals surface area contributed by atoms with E-state index in [0.29, 0.717) is 138 Å². The van der Waals surface area contributed by atoms with E-state index in [-0.39, 0.29) is 5.91 Å². The lowest BCUT2D eigenvalue weighted by Gasteiger charge is -2.27. The summed E-state index contributed by atoms with van der Waals surface area (Å²) >= 11 is 0. The van der Waals surface area contributed by atoms with Gasteiger partial charge < -0.3 is 58.0 Å². The van der Waals surface area contributed by atoms with Crippen LogP contribution in [0.5, 0.6) is 0 Å². The van der Waals surface area contributed by atoms with Crippen molar-refractivity contribution in [1.82, 2.24) is 10.6 Å². The van der Waals surface area contributed by atoms with Crippen molar-refractivity contribution >= 4 is 5.91 Å². The number of hydrogen-bond donors (Lipinski definition) is 2. The molecule has 0 radical (unpaired) electrons. The first-order chi connectivity index (χ1) is 20.3.